The number of alkyl carbamates (subject to hydrolysis) is 1. The van der Waals surface area contributed by atoms with Gasteiger partial charge in [-0.05, 0) is 99.6 Å². The highest BCUT2D eigenvalue weighted by Crippen LogP contribution is 2.54. The number of sulfone groups is 1. The molecule has 264 valence electrons. The van der Waals surface area contributed by atoms with Gasteiger partial charge in [0.1, 0.15) is 11.4 Å². The van der Waals surface area contributed by atoms with E-state index in [4.69, 9.17) is 4.74 Å². The molecule has 0 unspecified atom stereocenters. The minimum Gasteiger partial charge on any atom is -0.446 e. The summed E-state index contributed by atoms with van der Waals surface area (Å²) in [5.41, 5.74) is 3.91. The van der Waals surface area contributed by atoms with Crippen LogP contribution >= 0.6 is 0 Å². The van der Waals surface area contributed by atoms with Crippen LogP contribution in [0.1, 0.15) is 43.2 Å². The number of piperidine rings is 1. The van der Waals surface area contributed by atoms with Gasteiger partial charge in [-0.2, -0.15) is 0 Å². The Hall–Kier alpha value is -3.41. The average Bonchev–Trinajstić information content (AvgIpc) is 3.53. The molecular weight excluding hydrogens is 639 g/mol. The summed E-state index contributed by atoms with van der Waals surface area (Å²) in [4.78, 5) is 33.5. The number of hydrogen-bond donors (Lipinski definition) is 1. The molecule has 1 aliphatic carbocycles. The van der Waals surface area contributed by atoms with Crippen molar-refractivity contribution in [1.82, 2.24) is 20.0 Å². The molecule has 11 heteroatoms. The number of carbonyl (C=O) groups is 2. The maximum atomic E-state index is 13.1. The fourth-order valence-electron chi connectivity index (χ4n) is 9.69. The van der Waals surface area contributed by atoms with Crippen LogP contribution in [0.5, 0.6) is 0 Å². The van der Waals surface area contributed by atoms with Crippen LogP contribution in [0.2, 0.25) is 0 Å². The maximum Gasteiger partial charge on any atom is 0.407 e. The minimum atomic E-state index is -3.47. The first kappa shape index (κ1) is 34.1. The monoisotopic (exact) mass is 689 g/mol. The number of nitrogens with zero attached hydrogens (tertiary/aromatic N) is 4. The standard InChI is InChI=1S/C38H51N5O5S/c1-4-36(44)43-24-32(25-43)49(46,47)31-14-12-30(13-15-31)42-21-27(22-42)20-41-18-16-29(17-19-41)38(34-10-7-11-35(34)48-37(45)39-2)26-40(3)23-28-8-5-6-9-33(28)38/h4-6,8-9,12-15,27,29,32,34-35H,1,7,10-11,16-26H2,2-3H3,(H,39,45)/t34-,35-,38-/m0/s1. The second-order valence-corrected chi connectivity index (χ2v) is 17.3. The van der Waals surface area contributed by atoms with Crippen molar-refractivity contribution in [2.45, 2.75) is 60.3 Å². The maximum absolute atomic E-state index is 13.1. The van der Waals surface area contributed by atoms with Crippen LogP contribution in [-0.4, -0.2) is 113 Å². The molecule has 49 heavy (non-hydrogen) atoms. The third-order valence-electron chi connectivity index (χ3n) is 12.2. The van der Waals surface area contributed by atoms with E-state index in [1.807, 2.05) is 12.1 Å². The molecule has 0 aromatic heterocycles. The second-order valence-electron chi connectivity index (χ2n) is 15.1. The number of nitrogens with one attached hydrogen (secondary N) is 1. The summed E-state index contributed by atoms with van der Waals surface area (Å²) in [7, 11) is 0.418. The lowest BCUT2D eigenvalue weighted by atomic mass is 9.56. The van der Waals surface area contributed by atoms with Gasteiger partial charge in [-0.25, -0.2) is 13.2 Å². The fourth-order valence-corrected chi connectivity index (χ4v) is 11.3. The van der Waals surface area contributed by atoms with E-state index in [-0.39, 0.29) is 36.6 Å². The smallest absolute Gasteiger partial charge is 0.407 e. The highest BCUT2D eigenvalue weighted by molar-refractivity contribution is 7.92. The second kappa shape index (κ2) is 13.7. The van der Waals surface area contributed by atoms with E-state index < -0.39 is 15.1 Å². The van der Waals surface area contributed by atoms with Crippen molar-refractivity contribution in [2.24, 2.45) is 17.8 Å². The first-order chi connectivity index (χ1) is 23.6. The molecule has 0 spiro atoms. The first-order valence-electron chi connectivity index (χ1n) is 18.0. The Morgan fingerprint density at radius 3 is 2.41 bits per heavy atom. The lowest BCUT2D eigenvalue weighted by molar-refractivity contribution is -0.129. The van der Waals surface area contributed by atoms with Gasteiger partial charge in [-0.3, -0.25) is 4.79 Å². The number of anilines is 1. The van der Waals surface area contributed by atoms with Crippen molar-refractivity contribution in [1.29, 1.82) is 0 Å². The number of carbonyl (C=O) groups excluding carboxylic acids is 2. The summed E-state index contributed by atoms with van der Waals surface area (Å²) in [6, 6.07) is 16.3. The molecule has 4 heterocycles. The van der Waals surface area contributed by atoms with Gasteiger partial charge in [-0.15, -0.1) is 0 Å². The third-order valence-corrected chi connectivity index (χ3v) is 14.3. The number of hydrogen-bond acceptors (Lipinski definition) is 8. The van der Waals surface area contributed by atoms with Gasteiger partial charge in [0, 0.05) is 75.8 Å². The van der Waals surface area contributed by atoms with Crippen LogP contribution in [-0.2, 0) is 31.3 Å². The molecule has 4 fully saturated rings. The van der Waals surface area contributed by atoms with E-state index in [1.54, 1.807) is 19.2 Å². The molecule has 3 saturated heterocycles. The van der Waals surface area contributed by atoms with Crippen LogP contribution in [0.25, 0.3) is 0 Å². The number of benzene rings is 2. The number of rotatable bonds is 9. The Kier molecular flexibility index (Phi) is 9.53. The van der Waals surface area contributed by atoms with Crippen molar-refractivity contribution in [2.75, 3.05) is 71.4 Å². The van der Waals surface area contributed by atoms with Crippen molar-refractivity contribution < 1.29 is 22.7 Å². The highest BCUT2D eigenvalue weighted by atomic mass is 32.2. The Balaban J connectivity index is 0.964. The molecule has 2 aromatic rings. The van der Waals surface area contributed by atoms with Gasteiger partial charge >= 0.3 is 6.09 Å². The first-order valence-corrected chi connectivity index (χ1v) is 19.5. The molecule has 2 amide bonds. The molecule has 0 bridgehead atoms. The minimum absolute atomic E-state index is 0.0428. The molecular formula is C38H51N5O5S. The SMILES string of the molecule is C=CC(=O)N1CC(S(=O)(=O)c2ccc(N3CC(CN4CCC([C@@]5([C@H]6CCC[C@@H]6OC(=O)NC)CN(C)Cc6ccccc65)CC4)C3)cc2)C1. The van der Waals surface area contributed by atoms with Gasteiger partial charge in [0.05, 0.1) is 4.90 Å². The van der Waals surface area contributed by atoms with Crippen LogP contribution in [0.15, 0.2) is 66.1 Å². The van der Waals surface area contributed by atoms with E-state index >= 15 is 0 Å². The van der Waals surface area contributed by atoms with Gasteiger partial charge in [0.25, 0.3) is 0 Å². The third kappa shape index (κ3) is 6.38. The zero-order chi connectivity index (χ0) is 34.3. The number of likely N-dealkylation sites (tertiary alicyclic amines) is 2. The summed E-state index contributed by atoms with van der Waals surface area (Å²) in [6.45, 7) is 11.0. The largest absolute Gasteiger partial charge is 0.446 e. The average molecular weight is 690 g/mol. The van der Waals surface area contributed by atoms with E-state index in [9.17, 15) is 18.0 Å². The van der Waals surface area contributed by atoms with Crippen molar-refractivity contribution in [3.8, 4) is 0 Å². The van der Waals surface area contributed by atoms with E-state index in [1.165, 1.54) is 22.1 Å². The van der Waals surface area contributed by atoms with Crippen LogP contribution in [0.4, 0.5) is 10.5 Å². The summed E-state index contributed by atoms with van der Waals surface area (Å²) in [6.07, 6.45) is 6.22. The Bertz CT molecular complexity index is 1650. The summed E-state index contributed by atoms with van der Waals surface area (Å²) >= 11 is 0. The normalized spacial score (nSPS) is 27.2. The van der Waals surface area contributed by atoms with Gasteiger partial charge < -0.3 is 29.7 Å². The van der Waals surface area contributed by atoms with Gasteiger partial charge in [-0.1, -0.05) is 30.8 Å². The molecule has 7 rings (SSSR count). The van der Waals surface area contributed by atoms with Gasteiger partial charge in [0.15, 0.2) is 9.84 Å². The highest BCUT2D eigenvalue weighted by Gasteiger charge is 2.55. The Morgan fingerprint density at radius 2 is 1.71 bits per heavy atom. The predicted molar refractivity (Wildman–Crippen MR) is 190 cm³/mol. The predicted octanol–water partition coefficient (Wildman–Crippen LogP) is 3.91. The molecule has 0 radical (unpaired) electrons. The lowest BCUT2D eigenvalue weighted by Crippen LogP contribution is -2.58. The molecule has 1 N–H and O–H groups in total. The van der Waals surface area contributed by atoms with Crippen LogP contribution < -0.4 is 10.2 Å². The van der Waals surface area contributed by atoms with Crippen LogP contribution in [0.3, 0.4) is 0 Å². The molecule has 10 nitrogen and oxygen atoms in total. The van der Waals surface area contributed by atoms with Crippen molar-refractivity contribution >= 4 is 27.5 Å². The van der Waals surface area contributed by atoms with E-state index in [0.717, 1.165) is 83.6 Å². The zero-order valence-corrected chi connectivity index (χ0v) is 29.7. The molecule has 5 aliphatic rings. The quantitative estimate of drug-likeness (QED) is 0.396. The van der Waals surface area contributed by atoms with Crippen molar-refractivity contribution in [3.63, 3.8) is 0 Å². The summed E-state index contributed by atoms with van der Waals surface area (Å²) < 4.78 is 32.2. The number of likely N-dealkylation sites (N-methyl/N-ethyl adjacent to an activating group) is 1. The summed E-state index contributed by atoms with van der Waals surface area (Å²) in [5, 5.41) is 2.13. The van der Waals surface area contributed by atoms with E-state index in [0.29, 0.717) is 22.6 Å². The molecule has 3 atom stereocenters. The Labute approximate surface area is 291 Å². The lowest BCUT2D eigenvalue weighted by Gasteiger charge is -2.54. The number of amides is 2. The Morgan fingerprint density at radius 1 is 1.00 bits per heavy atom. The van der Waals surface area contributed by atoms with Crippen LogP contribution in [0, 0.1) is 17.8 Å². The number of ether oxygens (including phenoxy) is 1. The molecule has 2 aromatic carbocycles. The fraction of sp³-hybridized carbons (Fsp3) is 0.579. The zero-order valence-electron chi connectivity index (χ0n) is 28.9. The molecule has 4 aliphatic heterocycles. The summed E-state index contributed by atoms with van der Waals surface area (Å²) in [5.74, 6) is 1.18. The van der Waals surface area contributed by atoms with Gasteiger partial charge in [0.2, 0.25) is 5.91 Å². The van der Waals surface area contributed by atoms with E-state index in [2.05, 4.69) is 57.9 Å². The van der Waals surface area contributed by atoms with Crippen molar-refractivity contribution in [3.05, 3.63) is 72.3 Å². The number of fused-ring (bicyclic) bond motifs is 1. The molecule has 1 saturated carbocycles. The topological polar surface area (TPSA) is 103 Å².